The zero-order valence-corrected chi connectivity index (χ0v) is 11.2. The van der Waals surface area contributed by atoms with Crippen molar-refractivity contribution in [2.75, 3.05) is 0 Å². The number of aliphatic hydroxyl groups is 1. The van der Waals surface area contributed by atoms with Gasteiger partial charge in [-0.15, -0.1) is 0 Å². The van der Waals surface area contributed by atoms with Crippen LogP contribution in [0.5, 0.6) is 0 Å². The lowest BCUT2D eigenvalue weighted by Crippen LogP contribution is -2.55. The molecule has 1 amide bonds. The number of amides is 1. The number of nitrogens with one attached hydrogen (secondary N) is 1. The van der Waals surface area contributed by atoms with Gasteiger partial charge in [0.2, 0.25) is 0 Å². The van der Waals surface area contributed by atoms with Gasteiger partial charge in [0.1, 0.15) is 5.60 Å². The monoisotopic (exact) mass is 241 g/mol. The summed E-state index contributed by atoms with van der Waals surface area (Å²) < 4.78 is 0. The molecule has 1 unspecified atom stereocenters. The fraction of sp³-hybridized carbons (Fsp3) is 0.846. The van der Waals surface area contributed by atoms with Gasteiger partial charge in [0.25, 0.3) is 5.91 Å². The lowest BCUT2D eigenvalue weighted by molar-refractivity contribution is -0.143. The first-order chi connectivity index (χ1) is 7.67. The highest BCUT2D eigenvalue weighted by Crippen LogP contribution is 2.30. The topological polar surface area (TPSA) is 66.4 Å². The summed E-state index contributed by atoms with van der Waals surface area (Å²) in [6.45, 7) is 7.17. The Morgan fingerprint density at radius 2 is 1.71 bits per heavy atom. The first kappa shape index (κ1) is 14.2. The Morgan fingerprint density at radius 3 is 2.06 bits per heavy atom. The van der Waals surface area contributed by atoms with Gasteiger partial charge in [0.05, 0.1) is 6.04 Å². The van der Waals surface area contributed by atoms with Crippen LogP contribution in [-0.2, 0) is 9.59 Å². The minimum atomic E-state index is -1.26. The molecular formula is C13H23NO3. The standard InChI is InChI=1S/C13H23NO3/c1-9(15)10(12(2,3)4)14-11(16)13(17)7-5-6-8-13/h10,17H,5-8H2,1-4H3,(H,14,16). The van der Waals surface area contributed by atoms with Crippen molar-refractivity contribution in [2.24, 2.45) is 5.41 Å². The van der Waals surface area contributed by atoms with Crippen LogP contribution in [0.15, 0.2) is 0 Å². The Balaban J connectivity index is 2.75. The van der Waals surface area contributed by atoms with Crippen molar-refractivity contribution in [3.8, 4) is 0 Å². The molecule has 0 radical (unpaired) electrons. The molecule has 0 aromatic rings. The number of Topliss-reactive ketones (excluding diaryl/α,β-unsaturated/α-hetero) is 1. The van der Waals surface area contributed by atoms with Crippen LogP contribution < -0.4 is 5.32 Å². The Kier molecular flexibility index (Phi) is 3.97. The third-order valence-corrected chi connectivity index (χ3v) is 3.40. The first-order valence-electron chi connectivity index (χ1n) is 6.20. The molecule has 4 heteroatoms. The van der Waals surface area contributed by atoms with Crippen molar-refractivity contribution in [1.82, 2.24) is 5.32 Å². The van der Waals surface area contributed by atoms with Crippen LogP contribution in [0.1, 0.15) is 53.4 Å². The van der Waals surface area contributed by atoms with Crippen LogP contribution in [-0.4, -0.2) is 28.4 Å². The summed E-state index contributed by atoms with van der Waals surface area (Å²) in [7, 11) is 0. The number of ketones is 1. The van der Waals surface area contributed by atoms with E-state index in [-0.39, 0.29) is 11.2 Å². The Labute approximate surface area is 103 Å². The van der Waals surface area contributed by atoms with Crippen LogP contribution in [0.4, 0.5) is 0 Å². The number of carbonyl (C=O) groups excluding carboxylic acids is 2. The molecule has 1 fully saturated rings. The molecule has 2 N–H and O–H groups in total. The van der Waals surface area contributed by atoms with Crippen LogP contribution in [0.25, 0.3) is 0 Å². The molecule has 0 bridgehead atoms. The number of hydrogen-bond acceptors (Lipinski definition) is 3. The van der Waals surface area contributed by atoms with Crippen LogP contribution in [0.3, 0.4) is 0 Å². The van der Waals surface area contributed by atoms with Gasteiger partial charge in [0.15, 0.2) is 5.78 Å². The molecule has 4 nitrogen and oxygen atoms in total. The summed E-state index contributed by atoms with van der Waals surface area (Å²) in [6.07, 6.45) is 2.72. The lowest BCUT2D eigenvalue weighted by atomic mass is 9.84. The summed E-state index contributed by atoms with van der Waals surface area (Å²) in [4.78, 5) is 23.6. The van der Waals surface area contributed by atoms with Crippen molar-refractivity contribution in [3.63, 3.8) is 0 Å². The molecule has 17 heavy (non-hydrogen) atoms. The van der Waals surface area contributed by atoms with E-state index >= 15 is 0 Å². The zero-order valence-electron chi connectivity index (χ0n) is 11.2. The molecule has 98 valence electrons. The third-order valence-electron chi connectivity index (χ3n) is 3.40. The molecule has 0 saturated heterocycles. The number of hydrogen-bond donors (Lipinski definition) is 2. The molecule has 1 aliphatic rings. The van der Waals surface area contributed by atoms with E-state index in [1.165, 1.54) is 6.92 Å². The SMILES string of the molecule is CC(=O)C(NC(=O)C1(O)CCCC1)C(C)(C)C. The zero-order chi connectivity index (χ0) is 13.3. The lowest BCUT2D eigenvalue weighted by Gasteiger charge is -2.32. The summed E-state index contributed by atoms with van der Waals surface area (Å²) in [5, 5.41) is 12.8. The van der Waals surface area contributed by atoms with Crippen molar-refractivity contribution < 1.29 is 14.7 Å². The smallest absolute Gasteiger partial charge is 0.252 e. The van der Waals surface area contributed by atoms with Crippen LogP contribution in [0.2, 0.25) is 0 Å². The summed E-state index contributed by atoms with van der Waals surface area (Å²) in [5.74, 6) is -0.474. The van der Waals surface area contributed by atoms with Crippen molar-refractivity contribution >= 4 is 11.7 Å². The molecule has 1 atom stereocenters. The molecule has 1 rings (SSSR count). The highest BCUT2D eigenvalue weighted by atomic mass is 16.3. The summed E-state index contributed by atoms with van der Waals surface area (Å²) in [6, 6.07) is -0.542. The average Bonchev–Trinajstić information content (AvgIpc) is 2.60. The maximum absolute atomic E-state index is 12.0. The Bertz CT molecular complexity index is 311. The first-order valence-corrected chi connectivity index (χ1v) is 6.20. The second-order valence-electron chi connectivity index (χ2n) is 6.12. The molecule has 0 heterocycles. The van der Waals surface area contributed by atoms with E-state index in [1.807, 2.05) is 20.8 Å². The highest BCUT2D eigenvalue weighted by molar-refractivity contribution is 5.91. The van der Waals surface area contributed by atoms with E-state index < -0.39 is 17.6 Å². The van der Waals surface area contributed by atoms with E-state index in [1.54, 1.807) is 0 Å². The quantitative estimate of drug-likeness (QED) is 0.785. The fourth-order valence-electron chi connectivity index (χ4n) is 2.38. The predicted molar refractivity (Wildman–Crippen MR) is 65.5 cm³/mol. The van der Waals surface area contributed by atoms with Crippen LogP contribution in [0, 0.1) is 5.41 Å². The van der Waals surface area contributed by atoms with E-state index in [0.717, 1.165) is 12.8 Å². The molecule has 0 aliphatic heterocycles. The van der Waals surface area contributed by atoms with E-state index in [9.17, 15) is 14.7 Å². The minimum absolute atomic E-state index is 0.0764. The molecule has 0 aromatic heterocycles. The third kappa shape index (κ3) is 3.28. The second-order valence-corrected chi connectivity index (χ2v) is 6.12. The summed E-state index contributed by atoms with van der Waals surface area (Å²) in [5.41, 5.74) is -1.60. The molecule has 1 saturated carbocycles. The van der Waals surface area contributed by atoms with Gasteiger partial charge < -0.3 is 10.4 Å². The van der Waals surface area contributed by atoms with Crippen LogP contribution >= 0.6 is 0 Å². The van der Waals surface area contributed by atoms with Gasteiger partial charge in [0, 0.05) is 0 Å². The van der Waals surface area contributed by atoms with Gasteiger partial charge in [-0.3, -0.25) is 9.59 Å². The van der Waals surface area contributed by atoms with Gasteiger partial charge in [-0.2, -0.15) is 0 Å². The minimum Gasteiger partial charge on any atom is -0.380 e. The molecular weight excluding hydrogens is 218 g/mol. The number of rotatable bonds is 3. The van der Waals surface area contributed by atoms with Crippen molar-refractivity contribution in [2.45, 2.75) is 65.0 Å². The molecule has 1 aliphatic carbocycles. The fourth-order valence-corrected chi connectivity index (χ4v) is 2.38. The maximum atomic E-state index is 12.0. The normalized spacial score (nSPS) is 21.0. The average molecular weight is 241 g/mol. The second kappa shape index (κ2) is 4.77. The van der Waals surface area contributed by atoms with E-state index in [2.05, 4.69) is 5.32 Å². The van der Waals surface area contributed by atoms with Gasteiger partial charge in [-0.25, -0.2) is 0 Å². The maximum Gasteiger partial charge on any atom is 0.252 e. The van der Waals surface area contributed by atoms with E-state index in [4.69, 9.17) is 0 Å². The molecule has 0 aromatic carbocycles. The largest absolute Gasteiger partial charge is 0.380 e. The van der Waals surface area contributed by atoms with Gasteiger partial charge >= 0.3 is 0 Å². The van der Waals surface area contributed by atoms with Gasteiger partial charge in [-0.1, -0.05) is 20.8 Å². The van der Waals surface area contributed by atoms with Crippen molar-refractivity contribution in [1.29, 1.82) is 0 Å². The van der Waals surface area contributed by atoms with E-state index in [0.29, 0.717) is 12.8 Å². The number of carbonyl (C=O) groups is 2. The molecule has 0 spiro atoms. The Morgan fingerprint density at radius 1 is 1.24 bits per heavy atom. The Hall–Kier alpha value is -0.900. The van der Waals surface area contributed by atoms with Gasteiger partial charge in [-0.05, 0) is 38.0 Å². The van der Waals surface area contributed by atoms with Crippen molar-refractivity contribution in [3.05, 3.63) is 0 Å². The highest BCUT2D eigenvalue weighted by Gasteiger charge is 2.41. The summed E-state index contributed by atoms with van der Waals surface area (Å²) >= 11 is 0. The predicted octanol–water partition coefficient (Wildman–Crippen LogP) is 1.41.